The zero-order valence-electron chi connectivity index (χ0n) is 10.2. The molecule has 94 valence electrons. The van der Waals surface area contributed by atoms with E-state index in [1.165, 1.54) is 17.7 Å². The molecule has 17 heavy (non-hydrogen) atoms. The van der Waals surface area contributed by atoms with Crippen LogP contribution in [0.25, 0.3) is 0 Å². The van der Waals surface area contributed by atoms with Crippen molar-refractivity contribution in [2.45, 2.75) is 19.4 Å². The smallest absolute Gasteiger partial charge is 0.307 e. The molecule has 5 nitrogen and oxygen atoms in total. The Morgan fingerprint density at radius 2 is 2.47 bits per heavy atom. The van der Waals surface area contributed by atoms with E-state index in [4.69, 9.17) is 0 Å². The van der Waals surface area contributed by atoms with Crippen LogP contribution in [0, 0.1) is 0 Å². The Morgan fingerprint density at radius 1 is 1.65 bits per heavy atom. The Kier molecular flexibility index (Phi) is 3.96. The quantitative estimate of drug-likeness (QED) is 0.817. The number of carbonyl (C=O) groups is 1. The molecule has 2 heterocycles. The maximum atomic E-state index is 11.0. The summed E-state index contributed by atoms with van der Waals surface area (Å²) >= 11 is 1.68. The monoisotopic (exact) mass is 255 g/mol. The van der Waals surface area contributed by atoms with Gasteiger partial charge < -0.3 is 15.0 Å². The molecule has 1 aromatic heterocycles. The number of ether oxygens (including phenoxy) is 1. The SMILES string of the molecule is COC(=O)CCNc1nc2c(s1)CN(C)CC2. The molecule has 1 aliphatic rings. The van der Waals surface area contributed by atoms with Crippen molar-refractivity contribution in [3.63, 3.8) is 0 Å². The molecule has 0 spiro atoms. The molecule has 1 aromatic rings. The van der Waals surface area contributed by atoms with Gasteiger partial charge in [-0.25, -0.2) is 4.98 Å². The van der Waals surface area contributed by atoms with Gasteiger partial charge in [0.2, 0.25) is 0 Å². The van der Waals surface area contributed by atoms with Crippen LogP contribution in [0.1, 0.15) is 17.0 Å². The van der Waals surface area contributed by atoms with Crippen LogP contribution in [0.2, 0.25) is 0 Å². The molecule has 0 amide bonds. The van der Waals surface area contributed by atoms with Crippen molar-refractivity contribution in [1.82, 2.24) is 9.88 Å². The summed E-state index contributed by atoms with van der Waals surface area (Å²) in [6.07, 6.45) is 1.39. The number of rotatable bonds is 4. The first kappa shape index (κ1) is 12.3. The van der Waals surface area contributed by atoms with E-state index in [0.717, 1.165) is 24.6 Å². The van der Waals surface area contributed by atoms with E-state index >= 15 is 0 Å². The van der Waals surface area contributed by atoms with Crippen molar-refractivity contribution < 1.29 is 9.53 Å². The number of fused-ring (bicyclic) bond motifs is 1. The number of thiazole rings is 1. The average Bonchev–Trinajstić information content (AvgIpc) is 2.70. The minimum Gasteiger partial charge on any atom is -0.469 e. The summed E-state index contributed by atoms with van der Waals surface area (Å²) in [7, 11) is 3.52. The second-order valence-corrected chi connectivity index (χ2v) is 5.21. The molecule has 0 aliphatic carbocycles. The van der Waals surface area contributed by atoms with E-state index in [-0.39, 0.29) is 5.97 Å². The molecule has 0 saturated carbocycles. The third kappa shape index (κ3) is 3.17. The maximum Gasteiger partial charge on any atom is 0.307 e. The number of hydrogen-bond donors (Lipinski definition) is 1. The van der Waals surface area contributed by atoms with Gasteiger partial charge in [-0.1, -0.05) is 0 Å². The molecule has 0 saturated heterocycles. The first-order valence-electron chi connectivity index (χ1n) is 5.67. The summed E-state index contributed by atoms with van der Waals surface area (Å²) in [5.74, 6) is -0.196. The number of methoxy groups -OCH3 is 1. The minimum atomic E-state index is -0.196. The predicted molar refractivity (Wildman–Crippen MR) is 67.3 cm³/mol. The average molecular weight is 255 g/mol. The fourth-order valence-corrected chi connectivity index (χ4v) is 2.89. The first-order chi connectivity index (χ1) is 8.19. The van der Waals surface area contributed by atoms with Gasteiger partial charge in [0.1, 0.15) is 0 Å². The predicted octanol–water partition coefficient (Wildman–Crippen LogP) is 1.11. The third-order valence-corrected chi connectivity index (χ3v) is 3.80. The Hall–Kier alpha value is -1.14. The minimum absolute atomic E-state index is 0.196. The normalized spacial score (nSPS) is 15.4. The van der Waals surface area contributed by atoms with Crippen LogP contribution in [0.15, 0.2) is 0 Å². The highest BCUT2D eigenvalue weighted by Gasteiger charge is 2.17. The van der Waals surface area contributed by atoms with Crippen molar-refractivity contribution in [2.75, 3.05) is 32.6 Å². The topological polar surface area (TPSA) is 54.5 Å². The van der Waals surface area contributed by atoms with Crippen LogP contribution in [0.4, 0.5) is 5.13 Å². The van der Waals surface area contributed by atoms with Gasteiger partial charge in [0.25, 0.3) is 0 Å². The van der Waals surface area contributed by atoms with Gasteiger partial charge in [-0.2, -0.15) is 0 Å². The van der Waals surface area contributed by atoms with Crippen LogP contribution < -0.4 is 5.32 Å². The van der Waals surface area contributed by atoms with Gasteiger partial charge in [-0.3, -0.25) is 4.79 Å². The fraction of sp³-hybridized carbons (Fsp3) is 0.636. The van der Waals surface area contributed by atoms with Crippen LogP contribution in [0.5, 0.6) is 0 Å². The van der Waals surface area contributed by atoms with E-state index in [1.807, 2.05) is 0 Å². The second-order valence-electron chi connectivity index (χ2n) is 4.13. The zero-order valence-corrected chi connectivity index (χ0v) is 11.0. The van der Waals surface area contributed by atoms with Crippen molar-refractivity contribution in [1.29, 1.82) is 0 Å². The Morgan fingerprint density at radius 3 is 3.24 bits per heavy atom. The van der Waals surface area contributed by atoms with Crippen LogP contribution in [0.3, 0.4) is 0 Å². The zero-order chi connectivity index (χ0) is 12.3. The molecule has 0 aromatic carbocycles. The third-order valence-electron chi connectivity index (χ3n) is 2.76. The summed E-state index contributed by atoms with van der Waals surface area (Å²) in [5.41, 5.74) is 1.20. The number of nitrogens with one attached hydrogen (secondary N) is 1. The van der Waals surface area contributed by atoms with Crippen molar-refractivity contribution in [3.05, 3.63) is 10.6 Å². The second kappa shape index (κ2) is 5.46. The summed E-state index contributed by atoms with van der Waals surface area (Å²) in [6.45, 7) is 2.62. The molecule has 0 radical (unpaired) electrons. The van der Waals surface area contributed by atoms with Crippen molar-refractivity contribution in [3.8, 4) is 0 Å². The lowest BCUT2D eigenvalue weighted by atomic mass is 10.2. The lowest BCUT2D eigenvalue weighted by Gasteiger charge is -2.20. The highest BCUT2D eigenvalue weighted by molar-refractivity contribution is 7.15. The fourth-order valence-electron chi connectivity index (χ4n) is 1.77. The summed E-state index contributed by atoms with van der Waals surface area (Å²) in [5, 5.41) is 4.08. The standard InChI is InChI=1S/C11H17N3O2S/c1-14-6-4-8-9(7-14)17-11(13-8)12-5-3-10(15)16-2/h3-7H2,1-2H3,(H,12,13). The number of hydrogen-bond acceptors (Lipinski definition) is 6. The Labute approximate surface area is 105 Å². The molecule has 0 bridgehead atoms. The molecule has 2 rings (SSSR count). The lowest BCUT2D eigenvalue weighted by Crippen LogP contribution is -2.25. The van der Waals surface area contributed by atoms with Gasteiger partial charge in [-0.05, 0) is 7.05 Å². The van der Waals surface area contributed by atoms with Gasteiger partial charge in [0, 0.05) is 30.9 Å². The highest BCUT2D eigenvalue weighted by Crippen LogP contribution is 2.27. The van der Waals surface area contributed by atoms with Gasteiger partial charge in [-0.15, -0.1) is 11.3 Å². The molecule has 1 N–H and O–H groups in total. The summed E-state index contributed by atoms with van der Waals surface area (Å²) in [4.78, 5) is 19.1. The van der Waals surface area contributed by atoms with Gasteiger partial charge >= 0.3 is 5.97 Å². The van der Waals surface area contributed by atoms with Crippen LogP contribution >= 0.6 is 11.3 Å². The molecule has 0 fully saturated rings. The van der Waals surface area contributed by atoms with E-state index in [0.29, 0.717) is 13.0 Å². The molecule has 0 atom stereocenters. The number of nitrogens with zero attached hydrogens (tertiary/aromatic N) is 2. The molecule has 6 heteroatoms. The van der Waals surface area contributed by atoms with Gasteiger partial charge in [0.15, 0.2) is 5.13 Å². The number of aromatic nitrogens is 1. The van der Waals surface area contributed by atoms with Crippen LogP contribution in [-0.2, 0) is 22.5 Å². The van der Waals surface area contributed by atoms with Gasteiger partial charge in [0.05, 0.1) is 19.2 Å². The highest BCUT2D eigenvalue weighted by atomic mass is 32.1. The molecular weight excluding hydrogens is 238 g/mol. The molecule has 0 unspecified atom stereocenters. The Balaban J connectivity index is 1.88. The number of carbonyl (C=O) groups excluding carboxylic acids is 1. The number of anilines is 1. The largest absolute Gasteiger partial charge is 0.469 e. The molecular formula is C11H17N3O2S. The van der Waals surface area contributed by atoms with Crippen molar-refractivity contribution >= 4 is 22.4 Å². The van der Waals surface area contributed by atoms with Crippen LogP contribution in [-0.4, -0.2) is 43.1 Å². The van der Waals surface area contributed by atoms with E-state index in [9.17, 15) is 4.79 Å². The maximum absolute atomic E-state index is 11.0. The number of likely N-dealkylation sites (N-methyl/N-ethyl adjacent to an activating group) is 1. The number of esters is 1. The first-order valence-corrected chi connectivity index (χ1v) is 6.48. The van der Waals surface area contributed by atoms with E-state index in [2.05, 4.69) is 27.0 Å². The Bertz CT molecular complexity index is 405. The van der Waals surface area contributed by atoms with E-state index < -0.39 is 0 Å². The van der Waals surface area contributed by atoms with E-state index in [1.54, 1.807) is 11.3 Å². The molecule has 1 aliphatic heterocycles. The lowest BCUT2D eigenvalue weighted by molar-refractivity contribution is -0.140. The van der Waals surface area contributed by atoms with Crippen molar-refractivity contribution in [2.24, 2.45) is 0 Å². The summed E-state index contributed by atoms with van der Waals surface area (Å²) < 4.78 is 4.58. The summed E-state index contributed by atoms with van der Waals surface area (Å²) in [6, 6.07) is 0.